The van der Waals surface area contributed by atoms with Crippen LogP contribution in [0.5, 0.6) is 0 Å². The van der Waals surface area contributed by atoms with Crippen molar-refractivity contribution in [3.63, 3.8) is 0 Å². The van der Waals surface area contributed by atoms with Gasteiger partial charge in [-0.25, -0.2) is 0 Å². The fraction of sp³-hybridized carbons (Fsp3) is 0.500. The van der Waals surface area contributed by atoms with E-state index in [-0.39, 0.29) is 17.6 Å². The fourth-order valence-corrected chi connectivity index (χ4v) is 1.97. The van der Waals surface area contributed by atoms with Gasteiger partial charge in [-0.1, -0.05) is 0 Å². The molecule has 1 N–H and O–H groups in total. The minimum atomic E-state index is -4.43. The first-order valence-electron chi connectivity index (χ1n) is 5.94. The maximum Gasteiger partial charge on any atom is 0.417 e. The molecule has 1 saturated heterocycles. The Balaban J connectivity index is 2.11. The Labute approximate surface area is 108 Å². The third-order valence-electron chi connectivity index (χ3n) is 2.97. The number of amides is 1. The first-order valence-corrected chi connectivity index (χ1v) is 5.94. The molecule has 4 nitrogen and oxygen atoms in total. The standard InChI is InChI=1S/C12H14F3N3O/c1-8-7-18(5-4-16-8)11(19)10-3-2-9(6-17-10)12(13,14)15/h2-3,6,8,16H,4-5,7H2,1H3/t8-/m0/s1. The number of alkyl halides is 3. The van der Waals surface area contributed by atoms with Gasteiger partial charge in [-0.3, -0.25) is 9.78 Å². The lowest BCUT2D eigenvalue weighted by Crippen LogP contribution is -2.51. The molecule has 1 amide bonds. The topological polar surface area (TPSA) is 45.2 Å². The van der Waals surface area contributed by atoms with E-state index in [1.807, 2.05) is 6.92 Å². The van der Waals surface area contributed by atoms with Gasteiger partial charge >= 0.3 is 6.18 Å². The highest BCUT2D eigenvalue weighted by atomic mass is 19.4. The minimum absolute atomic E-state index is 0.0436. The van der Waals surface area contributed by atoms with Crippen LogP contribution in [0.15, 0.2) is 18.3 Å². The highest BCUT2D eigenvalue weighted by Crippen LogP contribution is 2.28. The summed E-state index contributed by atoms with van der Waals surface area (Å²) in [5.74, 6) is -0.331. The van der Waals surface area contributed by atoms with E-state index in [0.717, 1.165) is 12.1 Å². The average Bonchev–Trinajstić information content (AvgIpc) is 2.37. The number of carbonyl (C=O) groups excluding carboxylic acids is 1. The number of aromatic nitrogens is 1. The molecule has 104 valence electrons. The minimum Gasteiger partial charge on any atom is -0.334 e. The summed E-state index contributed by atoms with van der Waals surface area (Å²) in [5.41, 5.74) is -0.806. The van der Waals surface area contributed by atoms with E-state index in [9.17, 15) is 18.0 Å². The molecule has 0 radical (unpaired) electrons. The van der Waals surface area contributed by atoms with Crippen molar-refractivity contribution in [2.24, 2.45) is 0 Å². The molecular formula is C12H14F3N3O. The quantitative estimate of drug-likeness (QED) is 0.844. The highest BCUT2D eigenvalue weighted by molar-refractivity contribution is 5.92. The Morgan fingerprint density at radius 3 is 2.74 bits per heavy atom. The molecule has 0 aliphatic carbocycles. The molecule has 19 heavy (non-hydrogen) atoms. The molecule has 0 bridgehead atoms. The molecule has 0 aromatic carbocycles. The number of pyridine rings is 1. The van der Waals surface area contributed by atoms with Crippen LogP contribution in [-0.2, 0) is 6.18 Å². The normalized spacial score (nSPS) is 20.4. The van der Waals surface area contributed by atoms with E-state index >= 15 is 0 Å². The molecule has 1 aliphatic rings. The third kappa shape index (κ3) is 3.23. The number of hydrogen-bond donors (Lipinski definition) is 1. The summed E-state index contributed by atoms with van der Waals surface area (Å²) in [6.45, 7) is 3.68. The van der Waals surface area contributed by atoms with Gasteiger partial charge in [-0.15, -0.1) is 0 Å². The van der Waals surface area contributed by atoms with Gasteiger partial charge in [-0.05, 0) is 19.1 Å². The fourth-order valence-electron chi connectivity index (χ4n) is 1.97. The van der Waals surface area contributed by atoms with Gasteiger partial charge in [0.2, 0.25) is 0 Å². The maximum absolute atomic E-state index is 12.4. The Bertz CT molecular complexity index is 458. The van der Waals surface area contributed by atoms with Crippen molar-refractivity contribution in [1.82, 2.24) is 15.2 Å². The lowest BCUT2D eigenvalue weighted by molar-refractivity contribution is -0.137. The number of piperazine rings is 1. The van der Waals surface area contributed by atoms with Crippen LogP contribution < -0.4 is 5.32 Å². The van der Waals surface area contributed by atoms with Crippen molar-refractivity contribution in [3.8, 4) is 0 Å². The van der Waals surface area contributed by atoms with Crippen LogP contribution in [0.2, 0.25) is 0 Å². The molecule has 1 aliphatic heterocycles. The Morgan fingerprint density at radius 2 is 2.21 bits per heavy atom. The van der Waals surface area contributed by atoms with E-state index in [1.165, 1.54) is 0 Å². The Morgan fingerprint density at radius 1 is 1.47 bits per heavy atom. The third-order valence-corrected chi connectivity index (χ3v) is 2.97. The van der Waals surface area contributed by atoms with Crippen molar-refractivity contribution in [1.29, 1.82) is 0 Å². The van der Waals surface area contributed by atoms with E-state index < -0.39 is 11.7 Å². The van der Waals surface area contributed by atoms with E-state index in [2.05, 4.69) is 10.3 Å². The molecule has 1 atom stereocenters. The number of hydrogen-bond acceptors (Lipinski definition) is 3. The van der Waals surface area contributed by atoms with Crippen LogP contribution in [-0.4, -0.2) is 41.5 Å². The Kier molecular flexibility index (Phi) is 3.75. The smallest absolute Gasteiger partial charge is 0.334 e. The van der Waals surface area contributed by atoms with Crippen molar-refractivity contribution >= 4 is 5.91 Å². The largest absolute Gasteiger partial charge is 0.417 e. The van der Waals surface area contributed by atoms with Gasteiger partial charge in [0, 0.05) is 31.9 Å². The van der Waals surface area contributed by atoms with Crippen LogP contribution in [0.25, 0.3) is 0 Å². The molecule has 2 heterocycles. The van der Waals surface area contributed by atoms with Gasteiger partial charge in [0.15, 0.2) is 0 Å². The summed E-state index contributed by atoms with van der Waals surface area (Å²) in [4.78, 5) is 17.3. The first-order chi connectivity index (χ1) is 8.88. The number of nitrogens with zero attached hydrogens (tertiary/aromatic N) is 2. The van der Waals surface area contributed by atoms with Gasteiger partial charge < -0.3 is 10.2 Å². The number of carbonyl (C=O) groups is 1. The Hall–Kier alpha value is -1.63. The van der Waals surface area contributed by atoms with Gasteiger partial charge in [0.25, 0.3) is 5.91 Å². The zero-order chi connectivity index (χ0) is 14.0. The molecule has 1 aromatic heterocycles. The van der Waals surface area contributed by atoms with Crippen molar-refractivity contribution in [3.05, 3.63) is 29.6 Å². The molecule has 1 fully saturated rings. The summed E-state index contributed by atoms with van der Waals surface area (Å²) in [6.07, 6.45) is -3.74. The summed E-state index contributed by atoms with van der Waals surface area (Å²) < 4.78 is 37.1. The van der Waals surface area contributed by atoms with Crippen LogP contribution in [0.3, 0.4) is 0 Å². The zero-order valence-electron chi connectivity index (χ0n) is 10.4. The highest BCUT2D eigenvalue weighted by Gasteiger charge is 2.31. The first kappa shape index (κ1) is 13.8. The predicted octanol–water partition coefficient (Wildman–Crippen LogP) is 1.53. The molecule has 0 spiro atoms. The maximum atomic E-state index is 12.4. The van der Waals surface area contributed by atoms with Crippen LogP contribution in [0.1, 0.15) is 23.0 Å². The summed E-state index contributed by atoms with van der Waals surface area (Å²) in [6, 6.07) is 2.18. The monoisotopic (exact) mass is 273 g/mol. The molecule has 1 aromatic rings. The van der Waals surface area contributed by atoms with Gasteiger partial charge in [-0.2, -0.15) is 13.2 Å². The number of rotatable bonds is 1. The van der Waals surface area contributed by atoms with Crippen LogP contribution in [0.4, 0.5) is 13.2 Å². The number of nitrogens with one attached hydrogen (secondary N) is 1. The van der Waals surface area contributed by atoms with Crippen LogP contribution in [0, 0.1) is 0 Å². The van der Waals surface area contributed by atoms with Crippen molar-refractivity contribution in [2.45, 2.75) is 19.1 Å². The predicted molar refractivity (Wildman–Crippen MR) is 62.6 cm³/mol. The summed E-state index contributed by atoms with van der Waals surface area (Å²) >= 11 is 0. The van der Waals surface area contributed by atoms with Gasteiger partial charge in [0.05, 0.1) is 5.56 Å². The molecular weight excluding hydrogens is 259 g/mol. The molecule has 2 rings (SSSR count). The summed E-state index contributed by atoms with van der Waals surface area (Å²) in [7, 11) is 0. The average molecular weight is 273 g/mol. The molecule has 7 heteroatoms. The van der Waals surface area contributed by atoms with E-state index in [0.29, 0.717) is 25.8 Å². The summed E-state index contributed by atoms with van der Waals surface area (Å²) in [5, 5.41) is 3.18. The SMILES string of the molecule is C[C@H]1CN(C(=O)c2ccc(C(F)(F)F)cn2)CCN1. The van der Waals surface area contributed by atoms with Crippen molar-refractivity contribution in [2.75, 3.05) is 19.6 Å². The van der Waals surface area contributed by atoms with E-state index in [4.69, 9.17) is 0 Å². The van der Waals surface area contributed by atoms with Gasteiger partial charge in [0.1, 0.15) is 5.69 Å². The second-order valence-corrected chi connectivity index (χ2v) is 4.54. The molecule has 0 saturated carbocycles. The van der Waals surface area contributed by atoms with E-state index in [1.54, 1.807) is 4.90 Å². The van der Waals surface area contributed by atoms with Crippen LogP contribution >= 0.6 is 0 Å². The second kappa shape index (κ2) is 5.16. The lowest BCUT2D eigenvalue weighted by Gasteiger charge is -2.31. The number of halogens is 3. The van der Waals surface area contributed by atoms with Crippen molar-refractivity contribution < 1.29 is 18.0 Å². The lowest BCUT2D eigenvalue weighted by atomic mass is 10.2. The zero-order valence-corrected chi connectivity index (χ0v) is 10.4. The second-order valence-electron chi connectivity index (χ2n) is 4.54. The molecule has 0 unspecified atom stereocenters.